The minimum atomic E-state index is -2.54. The maximum absolute atomic E-state index is 10.7. The zero-order valence-corrected chi connectivity index (χ0v) is 8.73. The molecule has 6 nitrogen and oxygen atoms in total. The number of aliphatic hydroxyl groups is 2. The lowest BCUT2D eigenvalue weighted by atomic mass is 10.1. The maximum atomic E-state index is 10.7. The van der Waals surface area contributed by atoms with Gasteiger partial charge in [-0.1, -0.05) is 0 Å². The van der Waals surface area contributed by atoms with Gasteiger partial charge in [-0.25, -0.2) is 4.21 Å². The number of aromatic hydroxyl groups is 1. The summed E-state index contributed by atoms with van der Waals surface area (Å²) in [6, 6.07) is 0. The summed E-state index contributed by atoms with van der Waals surface area (Å²) < 4.78 is 19.4. The third kappa shape index (κ3) is 2.32. The van der Waals surface area contributed by atoms with Crippen molar-refractivity contribution in [3.8, 4) is 5.75 Å². The van der Waals surface area contributed by atoms with Crippen LogP contribution in [0.5, 0.6) is 5.75 Å². The molecule has 0 saturated heterocycles. The predicted molar refractivity (Wildman–Crippen MR) is 52.3 cm³/mol. The Bertz CT molecular complexity index is 395. The molecule has 0 saturated carbocycles. The fourth-order valence-corrected chi connectivity index (χ4v) is 1.62. The van der Waals surface area contributed by atoms with Gasteiger partial charge in [0.05, 0.1) is 12.3 Å². The van der Waals surface area contributed by atoms with Crippen LogP contribution in [0.3, 0.4) is 0 Å². The second-order valence-corrected chi connectivity index (χ2v) is 3.92. The molecule has 0 aliphatic carbocycles. The van der Waals surface area contributed by atoms with Crippen LogP contribution >= 0.6 is 0 Å². The summed E-state index contributed by atoms with van der Waals surface area (Å²) in [4.78, 5) is 3.75. The molecule has 0 fully saturated rings. The molecule has 0 bridgehead atoms. The van der Waals surface area contributed by atoms with Crippen LogP contribution in [0.4, 0.5) is 0 Å². The van der Waals surface area contributed by atoms with E-state index in [9.17, 15) is 14.4 Å². The monoisotopic (exact) mass is 233 g/mol. The molecule has 2 unspecified atom stereocenters. The number of hydrogen-bond donors (Lipinski definition) is 4. The smallest absolute Gasteiger partial charge is 0.187 e. The van der Waals surface area contributed by atoms with Gasteiger partial charge < -0.3 is 19.9 Å². The van der Waals surface area contributed by atoms with Crippen LogP contribution in [0.15, 0.2) is 6.20 Å². The highest BCUT2D eigenvalue weighted by Gasteiger charge is 2.23. The topological polar surface area (TPSA) is 111 Å². The lowest BCUT2D eigenvalue weighted by molar-refractivity contribution is 0.234. The highest BCUT2D eigenvalue weighted by atomic mass is 32.2. The lowest BCUT2D eigenvalue weighted by Crippen LogP contribution is -2.09. The van der Waals surface area contributed by atoms with Gasteiger partial charge in [0.1, 0.15) is 5.75 Å². The molecule has 0 spiro atoms. The van der Waals surface area contributed by atoms with E-state index in [4.69, 9.17) is 9.66 Å². The second kappa shape index (κ2) is 4.67. The van der Waals surface area contributed by atoms with Crippen molar-refractivity contribution in [3.05, 3.63) is 23.0 Å². The summed E-state index contributed by atoms with van der Waals surface area (Å²) in [5.41, 5.74) is -1.58. The van der Waals surface area contributed by atoms with Crippen molar-refractivity contribution in [2.24, 2.45) is 0 Å². The molecular weight excluding hydrogens is 222 g/mol. The standard InChI is InChI=1S/C8H11NO5S/c1-4-7(11)6(8(12)15(13)14)5(3-10)2-9-4/h2,8,10-12H,3H2,1H3,(H,13,14). The largest absolute Gasteiger partial charge is 0.506 e. The fraction of sp³-hybridized carbons (Fsp3) is 0.375. The first kappa shape index (κ1) is 12.1. The molecule has 4 N–H and O–H groups in total. The second-order valence-electron chi connectivity index (χ2n) is 2.92. The SMILES string of the molecule is Cc1ncc(CO)c(C(O)S(=O)O)c1O. The van der Waals surface area contributed by atoms with Crippen LogP contribution < -0.4 is 0 Å². The van der Waals surface area contributed by atoms with Gasteiger partial charge in [0.25, 0.3) is 0 Å². The lowest BCUT2D eigenvalue weighted by Gasteiger charge is -2.13. The first-order valence-corrected chi connectivity index (χ1v) is 5.22. The third-order valence-electron chi connectivity index (χ3n) is 1.97. The molecule has 2 atom stereocenters. The molecule has 0 aliphatic heterocycles. The molecule has 1 aromatic rings. The minimum absolute atomic E-state index is 0.119. The molecule has 0 aliphatic rings. The number of rotatable bonds is 3. The van der Waals surface area contributed by atoms with Crippen molar-refractivity contribution in [2.45, 2.75) is 19.0 Å². The van der Waals surface area contributed by atoms with Gasteiger partial charge in [0, 0.05) is 17.3 Å². The van der Waals surface area contributed by atoms with Crippen molar-refractivity contribution in [1.82, 2.24) is 4.98 Å². The van der Waals surface area contributed by atoms with E-state index in [1.165, 1.54) is 13.1 Å². The summed E-state index contributed by atoms with van der Waals surface area (Å²) in [5.74, 6) is -0.378. The van der Waals surface area contributed by atoms with Crippen LogP contribution in [-0.4, -0.2) is 29.1 Å². The molecule has 1 aromatic heterocycles. The Kier molecular flexibility index (Phi) is 3.75. The third-order valence-corrected chi connectivity index (χ3v) is 2.58. The fourth-order valence-electron chi connectivity index (χ4n) is 1.15. The Morgan fingerprint density at radius 2 is 2.20 bits per heavy atom. The molecule has 7 heteroatoms. The number of nitrogens with zero attached hydrogens (tertiary/aromatic N) is 1. The van der Waals surface area contributed by atoms with Crippen LogP contribution in [-0.2, 0) is 17.7 Å². The molecule has 0 radical (unpaired) electrons. The zero-order chi connectivity index (χ0) is 11.6. The van der Waals surface area contributed by atoms with Gasteiger partial charge in [-0.3, -0.25) is 4.98 Å². The van der Waals surface area contributed by atoms with Gasteiger partial charge in [-0.05, 0) is 6.92 Å². The molecule has 0 aromatic carbocycles. The van der Waals surface area contributed by atoms with Crippen LogP contribution in [0.1, 0.15) is 22.3 Å². The zero-order valence-electron chi connectivity index (χ0n) is 7.91. The Morgan fingerprint density at radius 3 is 2.67 bits per heavy atom. The van der Waals surface area contributed by atoms with E-state index >= 15 is 0 Å². The first-order chi connectivity index (χ1) is 6.99. The predicted octanol–water partition coefficient (Wildman–Crippen LogP) is -0.199. The minimum Gasteiger partial charge on any atom is -0.506 e. The van der Waals surface area contributed by atoms with E-state index in [-0.39, 0.29) is 22.6 Å². The summed E-state index contributed by atoms with van der Waals surface area (Å²) in [6.45, 7) is 0.997. The molecular formula is C8H11NO5S. The van der Waals surface area contributed by atoms with Gasteiger partial charge in [-0.15, -0.1) is 0 Å². The van der Waals surface area contributed by atoms with Crippen molar-refractivity contribution >= 4 is 11.1 Å². The number of hydrogen-bond acceptors (Lipinski definition) is 5. The normalized spacial score (nSPS) is 14.9. The van der Waals surface area contributed by atoms with Crippen molar-refractivity contribution in [2.75, 3.05) is 0 Å². The Labute approximate surface area is 88.5 Å². The summed E-state index contributed by atoms with van der Waals surface area (Å²) >= 11 is -2.54. The average Bonchev–Trinajstić information content (AvgIpc) is 2.20. The van der Waals surface area contributed by atoms with E-state index in [1.54, 1.807) is 0 Å². The van der Waals surface area contributed by atoms with E-state index in [0.717, 1.165) is 0 Å². The van der Waals surface area contributed by atoms with Crippen LogP contribution in [0.2, 0.25) is 0 Å². The molecule has 0 amide bonds. The molecule has 84 valence electrons. The first-order valence-electron chi connectivity index (χ1n) is 4.05. The van der Waals surface area contributed by atoms with Gasteiger partial charge in [0.2, 0.25) is 0 Å². The Balaban J connectivity index is 3.35. The van der Waals surface area contributed by atoms with Gasteiger partial charge in [-0.2, -0.15) is 0 Å². The average molecular weight is 233 g/mol. The number of aryl methyl sites for hydroxylation is 1. The van der Waals surface area contributed by atoms with E-state index < -0.39 is 23.1 Å². The molecule has 15 heavy (non-hydrogen) atoms. The maximum Gasteiger partial charge on any atom is 0.187 e. The van der Waals surface area contributed by atoms with Crippen LogP contribution in [0.25, 0.3) is 0 Å². The summed E-state index contributed by atoms with van der Waals surface area (Å²) in [5, 5.41) is 27.8. The van der Waals surface area contributed by atoms with E-state index in [1.807, 2.05) is 0 Å². The highest BCUT2D eigenvalue weighted by molar-refractivity contribution is 7.79. The summed E-state index contributed by atoms with van der Waals surface area (Å²) in [6.07, 6.45) is 1.24. The number of pyridine rings is 1. The van der Waals surface area contributed by atoms with E-state index in [2.05, 4.69) is 4.98 Å². The van der Waals surface area contributed by atoms with Crippen molar-refractivity contribution < 1.29 is 24.1 Å². The van der Waals surface area contributed by atoms with E-state index in [0.29, 0.717) is 0 Å². The Hall–Kier alpha value is -1.02. The quantitative estimate of drug-likeness (QED) is 0.538. The highest BCUT2D eigenvalue weighted by Crippen LogP contribution is 2.31. The van der Waals surface area contributed by atoms with Crippen LogP contribution in [0, 0.1) is 6.92 Å². The molecule has 1 rings (SSSR count). The van der Waals surface area contributed by atoms with Gasteiger partial charge >= 0.3 is 0 Å². The summed E-state index contributed by atoms with van der Waals surface area (Å²) in [7, 11) is 0. The van der Waals surface area contributed by atoms with Crippen molar-refractivity contribution in [1.29, 1.82) is 0 Å². The molecule has 1 heterocycles. The Morgan fingerprint density at radius 1 is 1.60 bits per heavy atom. The van der Waals surface area contributed by atoms with Crippen molar-refractivity contribution in [3.63, 3.8) is 0 Å². The van der Waals surface area contributed by atoms with Gasteiger partial charge in [0.15, 0.2) is 16.5 Å². The number of aromatic nitrogens is 1. The number of aliphatic hydroxyl groups excluding tert-OH is 2.